The number of carboxylic acids is 1. The van der Waals surface area contributed by atoms with Gasteiger partial charge in [0.2, 0.25) is 0 Å². The summed E-state index contributed by atoms with van der Waals surface area (Å²) in [4.78, 5) is 15.0. The highest BCUT2D eigenvalue weighted by atomic mass is 32.1. The number of hydrogen-bond donors (Lipinski definition) is 1. The lowest BCUT2D eigenvalue weighted by Crippen LogP contribution is -2.07. The summed E-state index contributed by atoms with van der Waals surface area (Å²) in [5.41, 5.74) is 0. The first kappa shape index (κ1) is 8.41. The third kappa shape index (κ3) is 1.10. The van der Waals surface area contributed by atoms with E-state index in [-0.39, 0.29) is 5.92 Å². The number of hydrogen-bond acceptors (Lipinski definition) is 3. The molecule has 0 saturated heterocycles. The summed E-state index contributed by atoms with van der Waals surface area (Å²) in [6.07, 6.45) is 3.91. The lowest BCUT2D eigenvalue weighted by molar-refractivity contribution is -0.139. The number of carbonyl (C=O) groups is 1. The third-order valence-electron chi connectivity index (χ3n) is 3.53. The zero-order valence-corrected chi connectivity index (χ0v) is 8.41. The maximum Gasteiger partial charge on any atom is 0.307 e. The minimum absolute atomic E-state index is 0.0359. The van der Waals surface area contributed by atoms with Crippen LogP contribution in [0.5, 0.6) is 0 Å². The summed E-state index contributed by atoms with van der Waals surface area (Å²) < 4.78 is 0. The Morgan fingerprint density at radius 3 is 2.71 bits per heavy atom. The number of carboxylic acid groups (broad SMARTS) is 1. The van der Waals surface area contributed by atoms with Gasteiger partial charge in [0, 0.05) is 17.5 Å². The van der Waals surface area contributed by atoms with Crippen molar-refractivity contribution in [2.45, 2.75) is 18.8 Å². The van der Waals surface area contributed by atoms with Crippen LogP contribution in [-0.4, -0.2) is 16.1 Å². The molecule has 1 N–H and O–H groups in total. The Bertz CT molecular complexity index is 350. The molecule has 2 fully saturated rings. The van der Waals surface area contributed by atoms with E-state index in [2.05, 4.69) is 4.98 Å². The van der Waals surface area contributed by atoms with Gasteiger partial charge in [0.15, 0.2) is 0 Å². The molecule has 2 aliphatic rings. The Morgan fingerprint density at radius 1 is 1.50 bits per heavy atom. The summed E-state index contributed by atoms with van der Waals surface area (Å²) in [6, 6.07) is 0. The van der Waals surface area contributed by atoms with Crippen molar-refractivity contribution in [2.24, 2.45) is 17.8 Å². The first-order chi connectivity index (χ1) is 6.77. The maximum absolute atomic E-state index is 10.8. The average Bonchev–Trinajstić information content (AvgIpc) is 2.62. The molecule has 2 aliphatic carbocycles. The van der Waals surface area contributed by atoms with E-state index in [1.807, 2.05) is 11.6 Å². The minimum atomic E-state index is -0.599. The first-order valence-corrected chi connectivity index (χ1v) is 5.77. The zero-order chi connectivity index (χ0) is 9.71. The molecular weight excluding hydrogens is 198 g/mol. The van der Waals surface area contributed by atoms with Crippen LogP contribution in [0.15, 0.2) is 11.6 Å². The largest absolute Gasteiger partial charge is 0.481 e. The van der Waals surface area contributed by atoms with Crippen LogP contribution >= 0.6 is 11.3 Å². The molecule has 2 atom stereocenters. The standard InChI is InChI=1S/C10H11NO2S/c12-10(13)8-6-3-5(4-7(6)8)9-11-1-2-14-9/h1-2,5-8H,3-4H2,(H,12,13). The fourth-order valence-electron chi connectivity index (χ4n) is 2.85. The second kappa shape index (κ2) is 2.79. The van der Waals surface area contributed by atoms with Gasteiger partial charge in [0.25, 0.3) is 0 Å². The van der Waals surface area contributed by atoms with Crippen LogP contribution in [0, 0.1) is 17.8 Å². The van der Waals surface area contributed by atoms with E-state index < -0.39 is 5.97 Å². The van der Waals surface area contributed by atoms with Gasteiger partial charge in [0.1, 0.15) is 0 Å². The fourth-order valence-corrected chi connectivity index (χ4v) is 3.61. The van der Waals surface area contributed by atoms with Gasteiger partial charge < -0.3 is 5.11 Å². The van der Waals surface area contributed by atoms with Gasteiger partial charge in [-0.1, -0.05) is 0 Å². The number of thiazole rings is 1. The number of fused-ring (bicyclic) bond motifs is 1. The van der Waals surface area contributed by atoms with E-state index in [1.165, 1.54) is 5.01 Å². The van der Waals surface area contributed by atoms with Crippen molar-refractivity contribution < 1.29 is 9.90 Å². The average molecular weight is 209 g/mol. The van der Waals surface area contributed by atoms with E-state index in [4.69, 9.17) is 5.11 Å². The molecule has 0 amide bonds. The molecule has 74 valence electrons. The van der Waals surface area contributed by atoms with Crippen molar-refractivity contribution in [1.82, 2.24) is 4.98 Å². The maximum atomic E-state index is 10.8. The molecule has 0 bridgehead atoms. The zero-order valence-electron chi connectivity index (χ0n) is 7.59. The number of aliphatic carboxylic acids is 1. The van der Waals surface area contributed by atoms with E-state index in [1.54, 1.807) is 11.3 Å². The van der Waals surface area contributed by atoms with E-state index in [9.17, 15) is 4.79 Å². The van der Waals surface area contributed by atoms with Gasteiger partial charge in [-0.05, 0) is 24.7 Å². The molecule has 14 heavy (non-hydrogen) atoms. The molecule has 0 aliphatic heterocycles. The molecule has 2 saturated carbocycles. The molecule has 0 spiro atoms. The predicted octanol–water partition coefficient (Wildman–Crippen LogP) is 1.97. The highest BCUT2D eigenvalue weighted by Gasteiger charge is 2.60. The lowest BCUT2D eigenvalue weighted by Gasteiger charge is -2.08. The van der Waals surface area contributed by atoms with Crippen LogP contribution in [0.4, 0.5) is 0 Å². The molecule has 2 unspecified atom stereocenters. The molecule has 4 heteroatoms. The summed E-state index contributed by atoms with van der Waals surface area (Å²) in [7, 11) is 0. The molecule has 1 aromatic rings. The van der Waals surface area contributed by atoms with Crippen molar-refractivity contribution in [3.63, 3.8) is 0 Å². The Morgan fingerprint density at radius 2 is 2.21 bits per heavy atom. The van der Waals surface area contributed by atoms with Crippen molar-refractivity contribution in [2.75, 3.05) is 0 Å². The van der Waals surface area contributed by atoms with Crippen LogP contribution < -0.4 is 0 Å². The van der Waals surface area contributed by atoms with Gasteiger partial charge in [-0.2, -0.15) is 0 Å². The molecular formula is C10H11NO2S. The second-order valence-electron chi connectivity index (χ2n) is 4.23. The third-order valence-corrected chi connectivity index (χ3v) is 4.47. The van der Waals surface area contributed by atoms with Crippen LogP contribution in [0.25, 0.3) is 0 Å². The normalized spacial score (nSPS) is 39.4. The number of aromatic nitrogens is 1. The highest BCUT2D eigenvalue weighted by molar-refractivity contribution is 7.09. The highest BCUT2D eigenvalue weighted by Crippen LogP contribution is 2.62. The van der Waals surface area contributed by atoms with Crippen molar-refractivity contribution in [3.05, 3.63) is 16.6 Å². The van der Waals surface area contributed by atoms with Gasteiger partial charge in [-0.3, -0.25) is 4.79 Å². The van der Waals surface area contributed by atoms with E-state index >= 15 is 0 Å². The first-order valence-electron chi connectivity index (χ1n) is 4.89. The van der Waals surface area contributed by atoms with Gasteiger partial charge in [0.05, 0.1) is 10.9 Å². The molecule has 3 nitrogen and oxygen atoms in total. The molecule has 3 rings (SSSR count). The molecule has 0 aromatic carbocycles. The topological polar surface area (TPSA) is 50.2 Å². The lowest BCUT2D eigenvalue weighted by atomic mass is 10.0. The number of nitrogens with zero attached hydrogens (tertiary/aromatic N) is 1. The Balaban J connectivity index is 1.69. The molecule has 0 radical (unpaired) electrons. The molecule has 1 heterocycles. The summed E-state index contributed by atoms with van der Waals surface area (Å²) >= 11 is 1.69. The smallest absolute Gasteiger partial charge is 0.307 e. The second-order valence-corrected chi connectivity index (χ2v) is 5.16. The van der Waals surface area contributed by atoms with Crippen molar-refractivity contribution in [3.8, 4) is 0 Å². The fraction of sp³-hybridized carbons (Fsp3) is 0.600. The number of rotatable bonds is 2. The Hall–Kier alpha value is -0.900. The van der Waals surface area contributed by atoms with E-state index in [0.29, 0.717) is 17.8 Å². The van der Waals surface area contributed by atoms with Crippen molar-refractivity contribution in [1.29, 1.82) is 0 Å². The summed E-state index contributed by atoms with van der Waals surface area (Å²) in [6.45, 7) is 0. The Kier molecular flexibility index (Phi) is 1.68. The van der Waals surface area contributed by atoms with Crippen LogP contribution in [0.3, 0.4) is 0 Å². The van der Waals surface area contributed by atoms with Gasteiger partial charge >= 0.3 is 5.97 Å². The summed E-state index contributed by atoms with van der Waals surface area (Å²) in [5.74, 6) is 0.798. The quantitative estimate of drug-likeness (QED) is 0.810. The predicted molar refractivity (Wildman–Crippen MR) is 52.2 cm³/mol. The summed E-state index contributed by atoms with van der Waals surface area (Å²) in [5, 5.41) is 12.1. The minimum Gasteiger partial charge on any atom is -0.481 e. The van der Waals surface area contributed by atoms with Crippen LogP contribution in [0.1, 0.15) is 23.8 Å². The van der Waals surface area contributed by atoms with Gasteiger partial charge in [-0.25, -0.2) is 4.98 Å². The van der Waals surface area contributed by atoms with Crippen LogP contribution in [0.2, 0.25) is 0 Å². The van der Waals surface area contributed by atoms with Crippen LogP contribution in [-0.2, 0) is 4.79 Å². The SMILES string of the molecule is O=C(O)C1C2CC(c3nccs3)CC21. The Labute approximate surface area is 85.8 Å². The van der Waals surface area contributed by atoms with E-state index in [0.717, 1.165) is 12.8 Å². The van der Waals surface area contributed by atoms with Crippen molar-refractivity contribution >= 4 is 17.3 Å². The molecule has 1 aromatic heterocycles. The monoisotopic (exact) mass is 209 g/mol. The van der Waals surface area contributed by atoms with Gasteiger partial charge in [-0.15, -0.1) is 11.3 Å².